The van der Waals surface area contributed by atoms with Crippen LogP contribution in [-0.4, -0.2) is 37.1 Å². The predicted molar refractivity (Wildman–Crippen MR) is 81.0 cm³/mol. The van der Waals surface area contributed by atoms with Gasteiger partial charge in [0.15, 0.2) is 0 Å². The van der Waals surface area contributed by atoms with Crippen LogP contribution in [0.4, 0.5) is 0 Å². The second kappa shape index (κ2) is 7.49. The molecular formula is C16H34N2. The lowest BCUT2D eigenvalue weighted by Crippen LogP contribution is -2.49. The highest BCUT2D eigenvalue weighted by Gasteiger charge is 2.27. The van der Waals surface area contributed by atoms with Crippen molar-refractivity contribution in [3.05, 3.63) is 0 Å². The molecule has 2 heteroatoms. The minimum atomic E-state index is 0.342. The van der Waals surface area contributed by atoms with Crippen LogP contribution in [0.3, 0.4) is 0 Å². The molecule has 0 heterocycles. The number of nitrogens with zero attached hydrogens (tertiary/aromatic N) is 1. The van der Waals surface area contributed by atoms with E-state index in [4.69, 9.17) is 0 Å². The molecule has 1 saturated carbocycles. The van der Waals surface area contributed by atoms with Gasteiger partial charge in [-0.3, -0.25) is 0 Å². The summed E-state index contributed by atoms with van der Waals surface area (Å²) in [4.78, 5) is 2.61. The molecule has 2 nitrogen and oxygen atoms in total. The first kappa shape index (κ1) is 16.0. The van der Waals surface area contributed by atoms with E-state index in [1.165, 1.54) is 45.1 Å². The lowest BCUT2D eigenvalue weighted by molar-refractivity contribution is 0.150. The second-order valence-electron chi connectivity index (χ2n) is 7.06. The Balaban J connectivity index is 2.51. The maximum Gasteiger partial charge on any atom is 0.0243 e. The fourth-order valence-corrected chi connectivity index (χ4v) is 3.03. The lowest BCUT2D eigenvalue weighted by atomic mass is 9.86. The predicted octanol–water partition coefficient (Wildman–Crippen LogP) is 3.67. The largest absolute Gasteiger partial charge is 0.312 e. The molecule has 1 fully saturated rings. The van der Waals surface area contributed by atoms with Gasteiger partial charge >= 0.3 is 0 Å². The molecule has 0 aromatic rings. The first-order valence-corrected chi connectivity index (χ1v) is 7.88. The molecule has 0 spiro atoms. The molecule has 1 unspecified atom stereocenters. The zero-order valence-corrected chi connectivity index (χ0v) is 13.3. The van der Waals surface area contributed by atoms with Crippen LogP contribution in [0, 0.1) is 5.41 Å². The number of hydrogen-bond acceptors (Lipinski definition) is 2. The third-order valence-electron chi connectivity index (χ3n) is 4.41. The number of rotatable bonds is 5. The monoisotopic (exact) mass is 254 g/mol. The van der Waals surface area contributed by atoms with E-state index >= 15 is 0 Å². The smallest absolute Gasteiger partial charge is 0.0243 e. The molecular weight excluding hydrogens is 220 g/mol. The van der Waals surface area contributed by atoms with Gasteiger partial charge in [-0.15, -0.1) is 0 Å². The first-order chi connectivity index (χ1) is 8.45. The Morgan fingerprint density at radius 3 is 2.11 bits per heavy atom. The molecule has 0 aromatic carbocycles. The van der Waals surface area contributed by atoms with Crippen molar-refractivity contribution in [3.63, 3.8) is 0 Å². The van der Waals surface area contributed by atoms with Crippen molar-refractivity contribution in [2.24, 2.45) is 5.41 Å². The van der Waals surface area contributed by atoms with Gasteiger partial charge in [0.2, 0.25) is 0 Å². The Morgan fingerprint density at radius 1 is 1.11 bits per heavy atom. The molecule has 1 aliphatic rings. The lowest BCUT2D eigenvalue weighted by Gasteiger charge is -2.37. The summed E-state index contributed by atoms with van der Waals surface area (Å²) in [6, 6.07) is 1.41. The van der Waals surface area contributed by atoms with E-state index < -0.39 is 0 Å². The zero-order valence-electron chi connectivity index (χ0n) is 13.3. The molecule has 1 N–H and O–H groups in total. The number of hydrogen-bond donors (Lipinski definition) is 1. The highest BCUT2D eigenvalue weighted by molar-refractivity contribution is 4.85. The summed E-state index contributed by atoms with van der Waals surface area (Å²) in [6.45, 7) is 11.5. The molecule has 1 rings (SSSR count). The van der Waals surface area contributed by atoms with E-state index in [1.54, 1.807) is 0 Å². The maximum atomic E-state index is 3.67. The van der Waals surface area contributed by atoms with Crippen molar-refractivity contribution < 1.29 is 0 Å². The van der Waals surface area contributed by atoms with E-state index in [-0.39, 0.29) is 0 Å². The Kier molecular flexibility index (Phi) is 6.65. The normalized spacial score (nSPS) is 21.0. The van der Waals surface area contributed by atoms with Crippen LogP contribution in [-0.2, 0) is 0 Å². The van der Waals surface area contributed by atoms with Gasteiger partial charge in [-0.25, -0.2) is 0 Å². The quantitative estimate of drug-likeness (QED) is 0.753. The average Bonchev–Trinajstić information content (AvgIpc) is 2.55. The topological polar surface area (TPSA) is 15.3 Å². The van der Waals surface area contributed by atoms with Gasteiger partial charge in [-0.2, -0.15) is 0 Å². The van der Waals surface area contributed by atoms with E-state index in [1.807, 2.05) is 0 Å². The molecule has 18 heavy (non-hydrogen) atoms. The summed E-state index contributed by atoms with van der Waals surface area (Å²) in [5.41, 5.74) is 0.342. The molecule has 108 valence electrons. The van der Waals surface area contributed by atoms with Crippen LogP contribution in [0.1, 0.15) is 66.2 Å². The summed E-state index contributed by atoms with van der Waals surface area (Å²) in [5.74, 6) is 0. The molecule has 0 amide bonds. The molecule has 1 atom stereocenters. The summed E-state index contributed by atoms with van der Waals surface area (Å²) < 4.78 is 0. The van der Waals surface area contributed by atoms with Gasteiger partial charge in [-0.1, -0.05) is 53.4 Å². The Hall–Kier alpha value is -0.0800. The van der Waals surface area contributed by atoms with Crippen molar-refractivity contribution in [1.29, 1.82) is 0 Å². The summed E-state index contributed by atoms with van der Waals surface area (Å²) in [6.07, 6.45) is 8.55. The van der Waals surface area contributed by atoms with Crippen molar-refractivity contribution in [1.82, 2.24) is 10.2 Å². The third-order valence-corrected chi connectivity index (χ3v) is 4.41. The minimum Gasteiger partial charge on any atom is -0.312 e. The van der Waals surface area contributed by atoms with Gasteiger partial charge in [0.25, 0.3) is 0 Å². The Morgan fingerprint density at radius 2 is 1.67 bits per heavy atom. The first-order valence-electron chi connectivity index (χ1n) is 7.88. The van der Waals surface area contributed by atoms with Crippen molar-refractivity contribution >= 4 is 0 Å². The fraction of sp³-hybridized carbons (Fsp3) is 1.00. The van der Waals surface area contributed by atoms with Gasteiger partial charge in [-0.05, 0) is 31.8 Å². The van der Waals surface area contributed by atoms with E-state index in [0.717, 1.165) is 12.6 Å². The van der Waals surface area contributed by atoms with Gasteiger partial charge in [0, 0.05) is 18.6 Å². The van der Waals surface area contributed by atoms with Crippen molar-refractivity contribution in [3.8, 4) is 0 Å². The van der Waals surface area contributed by atoms with E-state index in [0.29, 0.717) is 11.5 Å². The highest BCUT2D eigenvalue weighted by Crippen LogP contribution is 2.24. The van der Waals surface area contributed by atoms with Crippen LogP contribution in [0.5, 0.6) is 0 Å². The highest BCUT2D eigenvalue weighted by atomic mass is 15.2. The summed E-state index contributed by atoms with van der Waals surface area (Å²) >= 11 is 0. The van der Waals surface area contributed by atoms with E-state index in [2.05, 4.69) is 45.0 Å². The zero-order chi connectivity index (χ0) is 13.6. The molecule has 0 aromatic heterocycles. The SMILES string of the molecule is CCNC(CN(C)C1CCCCCC1)C(C)(C)C. The fourth-order valence-electron chi connectivity index (χ4n) is 3.03. The summed E-state index contributed by atoms with van der Waals surface area (Å²) in [5, 5.41) is 3.67. The maximum absolute atomic E-state index is 3.67. The standard InChI is InChI=1S/C16H34N2/c1-6-17-15(16(2,3)4)13-18(5)14-11-9-7-8-10-12-14/h14-15,17H,6-13H2,1-5H3. The second-order valence-corrected chi connectivity index (χ2v) is 7.06. The number of nitrogens with one attached hydrogen (secondary N) is 1. The molecule has 0 aliphatic heterocycles. The average molecular weight is 254 g/mol. The molecule has 0 bridgehead atoms. The van der Waals surface area contributed by atoms with Crippen LogP contribution in [0.25, 0.3) is 0 Å². The molecule has 0 radical (unpaired) electrons. The van der Waals surface area contributed by atoms with Crippen molar-refractivity contribution in [2.75, 3.05) is 20.1 Å². The van der Waals surface area contributed by atoms with Crippen molar-refractivity contribution in [2.45, 2.75) is 78.3 Å². The van der Waals surface area contributed by atoms with Crippen LogP contribution >= 0.6 is 0 Å². The molecule has 0 saturated heterocycles. The van der Waals surface area contributed by atoms with Gasteiger partial charge in [0.1, 0.15) is 0 Å². The molecule has 1 aliphatic carbocycles. The Bertz CT molecular complexity index is 212. The van der Waals surface area contributed by atoms with Crippen LogP contribution in [0.2, 0.25) is 0 Å². The minimum absolute atomic E-state index is 0.342. The van der Waals surface area contributed by atoms with Gasteiger partial charge in [0.05, 0.1) is 0 Å². The Labute approximate surface area is 115 Å². The van der Waals surface area contributed by atoms with E-state index in [9.17, 15) is 0 Å². The van der Waals surface area contributed by atoms with Gasteiger partial charge < -0.3 is 10.2 Å². The third kappa shape index (κ3) is 5.27. The van der Waals surface area contributed by atoms with Crippen LogP contribution in [0.15, 0.2) is 0 Å². The summed E-state index contributed by atoms with van der Waals surface area (Å²) in [7, 11) is 2.33. The number of likely N-dealkylation sites (N-methyl/N-ethyl adjacent to an activating group) is 2. The van der Waals surface area contributed by atoms with Crippen LogP contribution < -0.4 is 5.32 Å².